The van der Waals surface area contributed by atoms with Crippen LogP contribution in [0.3, 0.4) is 0 Å². The molecule has 0 radical (unpaired) electrons. The summed E-state index contributed by atoms with van der Waals surface area (Å²) in [5, 5.41) is 9.72. The number of nitrogens with zero attached hydrogens (tertiary/aromatic N) is 5. The van der Waals surface area contributed by atoms with Gasteiger partial charge in [-0.15, -0.1) is 0 Å². The maximum atomic E-state index is 4.96. The first kappa shape index (κ1) is 21.8. The zero-order valence-electron chi connectivity index (χ0n) is 19.1. The Morgan fingerprint density at radius 1 is 0.733 bits per heavy atom. The fourth-order valence-electron chi connectivity index (χ4n) is 3.60. The number of hydrogen-bond acceptors (Lipinski definition) is 3. The first-order valence-corrected chi connectivity index (χ1v) is 10.9. The van der Waals surface area contributed by atoms with Crippen molar-refractivity contribution in [2.24, 2.45) is 10.2 Å². The summed E-state index contributed by atoms with van der Waals surface area (Å²) >= 11 is 0. The van der Waals surface area contributed by atoms with E-state index >= 15 is 0 Å². The van der Waals surface area contributed by atoms with Crippen LogP contribution in [0.1, 0.15) is 74.7 Å². The predicted octanol–water partition coefficient (Wildman–Crippen LogP) is 5.75. The highest BCUT2D eigenvalue weighted by atomic mass is 15.4. The minimum Gasteiger partial charge on any atom is -0.245 e. The number of aromatic nitrogens is 3. The lowest BCUT2D eigenvalue weighted by Crippen LogP contribution is -2.10. The normalized spacial score (nSPS) is 12.6. The Hall–Kier alpha value is -2.95. The van der Waals surface area contributed by atoms with Crippen LogP contribution in [-0.4, -0.2) is 25.8 Å². The molecule has 3 heterocycles. The van der Waals surface area contributed by atoms with Crippen LogP contribution in [-0.2, 0) is 12.8 Å². The van der Waals surface area contributed by atoms with Gasteiger partial charge in [0.25, 0.3) is 0 Å². The molecule has 5 nitrogen and oxygen atoms in total. The molecular formula is C25H33N5. The van der Waals surface area contributed by atoms with Crippen molar-refractivity contribution in [3.63, 3.8) is 0 Å². The zero-order valence-corrected chi connectivity index (χ0v) is 19.1. The van der Waals surface area contributed by atoms with E-state index in [9.17, 15) is 0 Å². The fraction of sp³-hybridized carbons (Fsp3) is 0.400. The van der Waals surface area contributed by atoms with E-state index in [0.717, 1.165) is 59.9 Å². The molecule has 0 atom stereocenters. The molecule has 0 spiro atoms. The molecule has 0 bridgehead atoms. The third kappa shape index (κ3) is 4.78. The lowest BCUT2D eigenvalue weighted by Gasteiger charge is -2.10. The standard InChI is InChI=1S/C25H33N5/c1-7-10-22-16-17-23(11-8-2)30(22)28-21(6)25-13-9-12-24(26-25)20(5)27-29-18(3)14-15-19(29)4/h9,12-17H,7-8,10-11H2,1-6H3/b27-20+,28-21+. The van der Waals surface area contributed by atoms with Crippen LogP contribution < -0.4 is 0 Å². The Bertz CT molecular complexity index is 1020. The van der Waals surface area contributed by atoms with Gasteiger partial charge in [0, 0.05) is 22.8 Å². The van der Waals surface area contributed by atoms with Gasteiger partial charge in [0.15, 0.2) is 0 Å². The molecule has 0 aliphatic heterocycles. The zero-order chi connectivity index (χ0) is 21.7. The molecule has 0 amide bonds. The van der Waals surface area contributed by atoms with Gasteiger partial charge in [0.05, 0.1) is 22.8 Å². The Morgan fingerprint density at radius 3 is 1.67 bits per heavy atom. The van der Waals surface area contributed by atoms with E-state index in [-0.39, 0.29) is 0 Å². The van der Waals surface area contributed by atoms with E-state index in [0.29, 0.717) is 0 Å². The molecule has 0 aromatic carbocycles. The summed E-state index contributed by atoms with van der Waals surface area (Å²) in [4.78, 5) is 4.86. The third-order valence-electron chi connectivity index (χ3n) is 5.25. The van der Waals surface area contributed by atoms with E-state index < -0.39 is 0 Å². The number of rotatable bonds is 8. The summed E-state index contributed by atoms with van der Waals surface area (Å²) < 4.78 is 4.07. The minimum absolute atomic E-state index is 0.865. The molecule has 0 saturated carbocycles. The largest absolute Gasteiger partial charge is 0.245 e. The Kier molecular flexibility index (Phi) is 7.03. The molecule has 0 fully saturated rings. The van der Waals surface area contributed by atoms with Gasteiger partial charge >= 0.3 is 0 Å². The molecule has 0 aliphatic carbocycles. The third-order valence-corrected chi connectivity index (χ3v) is 5.25. The molecule has 5 heteroatoms. The summed E-state index contributed by atoms with van der Waals surface area (Å²) in [7, 11) is 0. The van der Waals surface area contributed by atoms with Crippen LogP contribution in [0.5, 0.6) is 0 Å². The molecule has 0 aliphatic rings. The molecule has 158 valence electrons. The highest BCUT2D eigenvalue weighted by Gasteiger charge is 2.10. The van der Waals surface area contributed by atoms with E-state index in [2.05, 4.69) is 56.6 Å². The lowest BCUT2D eigenvalue weighted by molar-refractivity contribution is 0.713. The molecule has 30 heavy (non-hydrogen) atoms. The van der Waals surface area contributed by atoms with E-state index in [4.69, 9.17) is 15.2 Å². The average molecular weight is 404 g/mol. The smallest absolute Gasteiger partial charge is 0.0867 e. The molecule has 3 aromatic rings. The predicted molar refractivity (Wildman–Crippen MR) is 126 cm³/mol. The van der Waals surface area contributed by atoms with E-state index in [1.807, 2.05) is 36.7 Å². The van der Waals surface area contributed by atoms with Crippen molar-refractivity contribution in [1.82, 2.24) is 14.3 Å². The number of aryl methyl sites for hydroxylation is 4. The van der Waals surface area contributed by atoms with Crippen molar-refractivity contribution in [1.29, 1.82) is 0 Å². The molecular weight excluding hydrogens is 370 g/mol. The van der Waals surface area contributed by atoms with Crippen molar-refractivity contribution < 1.29 is 0 Å². The maximum Gasteiger partial charge on any atom is 0.0867 e. The van der Waals surface area contributed by atoms with Gasteiger partial charge in [-0.25, -0.2) is 14.3 Å². The summed E-state index contributed by atoms with van der Waals surface area (Å²) in [6, 6.07) is 14.6. The second-order valence-corrected chi connectivity index (χ2v) is 7.83. The van der Waals surface area contributed by atoms with Gasteiger partial charge in [0.2, 0.25) is 0 Å². The van der Waals surface area contributed by atoms with Gasteiger partial charge in [-0.3, -0.25) is 0 Å². The SMILES string of the molecule is CCCc1ccc(CCC)n1/N=C(\C)c1cccc(/C(C)=N/n2c(C)ccc2C)n1. The van der Waals surface area contributed by atoms with Crippen LogP contribution in [0.15, 0.2) is 52.7 Å². The van der Waals surface area contributed by atoms with Gasteiger partial charge < -0.3 is 0 Å². The van der Waals surface area contributed by atoms with Crippen LogP contribution in [0.2, 0.25) is 0 Å². The van der Waals surface area contributed by atoms with Crippen molar-refractivity contribution in [2.45, 2.75) is 67.2 Å². The summed E-state index contributed by atoms with van der Waals surface area (Å²) in [5.74, 6) is 0. The van der Waals surface area contributed by atoms with E-state index in [1.54, 1.807) is 0 Å². The molecule has 0 saturated heterocycles. The van der Waals surface area contributed by atoms with Gasteiger partial charge in [0.1, 0.15) is 0 Å². The molecule has 3 rings (SSSR count). The summed E-state index contributed by atoms with van der Waals surface area (Å²) in [5.41, 5.74) is 8.27. The van der Waals surface area contributed by atoms with Crippen molar-refractivity contribution in [2.75, 3.05) is 0 Å². The number of pyridine rings is 1. The van der Waals surface area contributed by atoms with Gasteiger partial charge in [-0.1, -0.05) is 32.8 Å². The lowest BCUT2D eigenvalue weighted by atomic mass is 10.2. The topological polar surface area (TPSA) is 47.5 Å². The minimum atomic E-state index is 0.865. The first-order chi connectivity index (χ1) is 14.4. The van der Waals surface area contributed by atoms with Gasteiger partial charge in [-0.2, -0.15) is 10.2 Å². The second-order valence-electron chi connectivity index (χ2n) is 7.83. The van der Waals surface area contributed by atoms with Crippen LogP contribution in [0, 0.1) is 13.8 Å². The van der Waals surface area contributed by atoms with Crippen LogP contribution in [0.4, 0.5) is 0 Å². The molecule has 0 unspecified atom stereocenters. The fourth-order valence-corrected chi connectivity index (χ4v) is 3.60. The van der Waals surface area contributed by atoms with Crippen molar-refractivity contribution in [3.8, 4) is 0 Å². The number of hydrogen-bond donors (Lipinski definition) is 0. The summed E-state index contributed by atoms with van der Waals surface area (Å²) in [6.07, 6.45) is 4.25. The van der Waals surface area contributed by atoms with Crippen molar-refractivity contribution >= 4 is 11.4 Å². The average Bonchev–Trinajstić information content (AvgIpc) is 3.26. The quantitative estimate of drug-likeness (QED) is 0.442. The Balaban J connectivity index is 1.95. The van der Waals surface area contributed by atoms with Crippen molar-refractivity contribution in [3.05, 3.63) is 76.6 Å². The highest BCUT2D eigenvalue weighted by molar-refractivity contribution is 6.00. The van der Waals surface area contributed by atoms with Crippen LogP contribution >= 0.6 is 0 Å². The van der Waals surface area contributed by atoms with Gasteiger partial charge in [-0.05, 0) is 76.9 Å². The molecule has 3 aromatic heterocycles. The monoisotopic (exact) mass is 403 g/mol. The first-order valence-electron chi connectivity index (χ1n) is 10.9. The maximum absolute atomic E-state index is 4.96. The second kappa shape index (κ2) is 9.70. The molecule has 0 N–H and O–H groups in total. The Morgan fingerprint density at radius 2 is 1.20 bits per heavy atom. The Labute approximate surface area is 180 Å². The van der Waals surface area contributed by atoms with E-state index in [1.165, 1.54) is 11.4 Å². The summed E-state index contributed by atoms with van der Waals surface area (Å²) in [6.45, 7) is 12.6. The highest BCUT2D eigenvalue weighted by Crippen LogP contribution is 2.15. The van der Waals surface area contributed by atoms with Crippen LogP contribution in [0.25, 0.3) is 0 Å².